The van der Waals surface area contributed by atoms with Gasteiger partial charge in [-0.1, -0.05) is 0 Å². The van der Waals surface area contributed by atoms with E-state index in [-0.39, 0.29) is 5.56 Å². The molecule has 30 heavy (non-hydrogen) atoms. The SMILES string of the molecule is CN(c1ccnc(N2CCOCC2)n1)C1CCN(c2nccn(C3CC3)c2=O)CC1. The number of ether oxygens (including phenoxy) is 1. The van der Waals surface area contributed by atoms with Crippen LogP contribution in [-0.4, -0.2) is 72.0 Å². The standard InChI is InChI=1S/C21H29N7O2/c1-25(18-4-7-23-21(24-18)27-12-14-30-15-13-27)16-5-9-26(10-6-16)19-20(29)28(11-8-22-19)17-2-3-17/h4,7-8,11,16-17H,2-3,5-6,9-10,12-15H2,1H3. The number of hydrogen-bond donors (Lipinski definition) is 0. The van der Waals surface area contributed by atoms with Crippen molar-refractivity contribution in [3.8, 4) is 0 Å². The lowest BCUT2D eigenvalue weighted by Crippen LogP contribution is -2.46. The molecule has 0 radical (unpaired) electrons. The van der Waals surface area contributed by atoms with Crippen molar-refractivity contribution in [3.63, 3.8) is 0 Å². The normalized spacial score (nSPS) is 20.4. The number of morpholine rings is 1. The molecule has 4 heterocycles. The first kappa shape index (κ1) is 19.3. The van der Waals surface area contributed by atoms with Crippen LogP contribution in [0.5, 0.6) is 0 Å². The van der Waals surface area contributed by atoms with Gasteiger partial charge >= 0.3 is 0 Å². The highest BCUT2D eigenvalue weighted by Crippen LogP contribution is 2.33. The minimum atomic E-state index is 0.0535. The van der Waals surface area contributed by atoms with E-state index in [1.807, 2.05) is 23.0 Å². The third kappa shape index (κ3) is 3.86. The van der Waals surface area contributed by atoms with Crippen molar-refractivity contribution in [1.29, 1.82) is 0 Å². The fraction of sp³-hybridized carbons (Fsp3) is 0.619. The fourth-order valence-corrected chi connectivity index (χ4v) is 4.37. The summed E-state index contributed by atoms with van der Waals surface area (Å²) in [5, 5.41) is 0. The van der Waals surface area contributed by atoms with Crippen LogP contribution in [0.3, 0.4) is 0 Å². The smallest absolute Gasteiger partial charge is 0.293 e. The molecule has 1 saturated carbocycles. The highest BCUT2D eigenvalue weighted by atomic mass is 16.5. The van der Waals surface area contributed by atoms with Crippen molar-refractivity contribution < 1.29 is 4.74 Å². The van der Waals surface area contributed by atoms with E-state index in [1.165, 1.54) is 0 Å². The molecule has 0 atom stereocenters. The highest BCUT2D eigenvalue weighted by Gasteiger charge is 2.29. The van der Waals surface area contributed by atoms with Crippen LogP contribution in [0, 0.1) is 0 Å². The molecule has 9 heteroatoms. The molecule has 0 N–H and O–H groups in total. The van der Waals surface area contributed by atoms with Gasteiger partial charge in [-0.05, 0) is 31.7 Å². The summed E-state index contributed by atoms with van der Waals surface area (Å²) in [5.41, 5.74) is 0.0535. The first-order valence-corrected chi connectivity index (χ1v) is 10.9. The molecule has 2 saturated heterocycles. The Morgan fingerprint density at radius 3 is 2.50 bits per heavy atom. The summed E-state index contributed by atoms with van der Waals surface area (Å²) in [4.78, 5) is 33.0. The summed E-state index contributed by atoms with van der Waals surface area (Å²) in [7, 11) is 2.10. The molecule has 2 aliphatic heterocycles. The van der Waals surface area contributed by atoms with E-state index in [0.717, 1.165) is 76.8 Å². The van der Waals surface area contributed by atoms with Gasteiger partial charge in [-0.3, -0.25) is 4.79 Å². The zero-order chi connectivity index (χ0) is 20.5. The van der Waals surface area contributed by atoms with Gasteiger partial charge in [0.05, 0.1) is 13.2 Å². The van der Waals surface area contributed by atoms with Crippen molar-refractivity contribution in [2.24, 2.45) is 0 Å². The monoisotopic (exact) mass is 411 g/mol. The van der Waals surface area contributed by atoms with Gasteiger partial charge in [0.2, 0.25) is 5.95 Å². The number of nitrogens with zero attached hydrogens (tertiary/aromatic N) is 7. The van der Waals surface area contributed by atoms with Crippen LogP contribution in [-0.2, 0) is 4.74 Å². The number of hydrogen-bond acceptors (Lipinski definition) is 8. The van der Waals surface area contributed by atoms with Crippen LogP contribution < -0.4 is 20.3 Å². The molecule has 3 fully saturated rings. The molecule has 2 aromatic rings. The summed E-state index contributed by atoms with van der Waals surface area (Å²) < 4.78 is 7.29. The summed E-state index contributed by atoms with van der Waals surface area (Å²) in [5.74, 6) is 2.32. The molecule has 0 amide bonds. The van der Waals surface area contributed by atoms with Crippen LogP contribution in [0.1, 0.15) is 31.7 Å². The van der Waals surface area contributed by atoms with Gasteiger partial charge in [0, 0.05) is 63.9 Å². The van der Waals surface area contributed by atoms with Crippen LogP contribution in [0.4, 0.5) is 17.6 Å². The maximum absolute atomic E-state index is 12.8. The molecule has 9 nitrogen and oxygen atoms in total. The fourth-order valence-electron chi connectivity index (χ4n) is 4.37. The second-order valence-electron chi connectivity index (χ2n) is 8.34. The Hall–Kier alpha value is -2.68. The lowest BCUT2D eigenvalue weighted by molar-refractivity contribution is 0.122. The molecule has 160 valence electrons. The van der Waals surface area contributed by atoms with Crippen LogP contribution >= 0.6 is 0 Å². The Morgan fingerprint density at radius 2 is 1.77 bits per heavy atom. The van der Waals surface area contributed by atoms with Crippen molar-refractivity contribution in [3.05, 3.63) is 35.0 Å². The summed E-state index contributed by atoms with van der Waals surface area (Å²) in [6.07, 6.45) is 9.56. The number of piperidine rings is 1. The molecule has 5 rings (SSSR count). The Bertz CT molecular complexity index is 931. The minimum absolute atomic E-state index is 0.0535. The third-order valence-corrected chi connectivity index (χ3v) is 6.39. The first-order chi connectivity index (χ1) is 14.7. The minimum Gasteiger partial charge on any atom is -0.378 e. The molecule has 1 aliphatic carbocycles. The molecule has 0 spiro atoms. The predicted octanol–water partition coefficient (Wildman–Crippen LogP) is 1.31. The second-order valence-corrected chi connectivity index (χ2v) is 8.34. The van der Waals surface area contributed by atoms with E-state index in [4.69, 9.17) is 9.72 Å². The lowest BCUT2D eigenvalue weighted by Gasteiger charge is -2.37. The van der Waals surface area contributed by atoms with E-state index in [9.17, 15) is 4.79 Å². The average molecular weight is 412 g/mol. The van der Waals surface area contributed by atoms with E-state index in [1.54, 1.807) is 6.20 Å². The van der Waals surface area contributed by atoms with Crippen molar-refractivity contribution in [2.45, 2.75) is 37.8 Å². The zero-order valence-corrected chi connectivity index (χ0v) is 17.5. The quantitative estimate of drug-likeness (QED) is 0.729. The Balaban J connectivity index is 1.25. The zero-order valence-electron chi connectivity index (χ0n) is 17.5. The first-order valence-electron chi connectivity index (χ1n) is 10.9. The lowest BCUT2D eigenvalue weighted by atomic mass is 10.0. The average Bonchev–Trinajstić information content (AvgIpc) is 3.65. The van der Waals surface area contributed by atoms with Gasteiger partial charge in [0.1, 0.15) is 5.82 Å². The number of aromatic nitrogens is 4. The Labute approximate surface area is 176 Å². The molecule has 2 aromatic heterocycles. The third-order valence-electron chi connectivity index (χ3n) is 6.39. The van der Waals surface area contributed by atoms with Gasteiger partial charge in [0.25, 0.3) is 5.56 Å². The topological polar surface area (TPSA) is 79.6 Å². The van der Waals surface area contributed by atoms with E-state index < -0.39 is 0 Å². The van der Waals surface area contributed by atoms with Crippen LogP contribution in [0.15, 0.2) is 29.5 Å². The van der Waals surface area contributed by atoms with E-state index in [2.05, 4.69) is 31.7 Å². The van der Waals surface area contributed by atoms with Gasteiger partial charge in [-0.25, -0.2) is 9.97 Å². The van der Waals surface area contributed by atoms with Crippen LogP contribution in [0.25, 0.3) is 0 Å². The molecular formula is C21H29N7O2. The summed E-state index contributed by atoms with van der Waals surface area (Å²) in [6, 6.07) is 2.73. The van der Waals surface area contributed by atoms with E-state index >= 15 is 0 Å². The summed E-state index contributed by atoms with van der Waals surface area (Å²) >= 11 is 0. The predicted molar refractivity (Wildman–Crippen MR) is 115 cm³/mol. The van der Waals surface area contributed by atoms with Gasteiger partial charge in [-0.15, -0.1) is 0 Å². The molecule has 0 unspecified atom stereocenters. The van der Waals surface area contributed by atoms with Crippen molar-refractivity contribution in [1.82, 2.24) is 19.5 Å². The molecular weight excluding hydrogens is 382 g/mol. The molecule has 0 aromatic carbocycles. The highest BCUT2D eigenvalue weighted by molar-refractivity contribution is 5.45. The maximum Gasteiger partial charge on any atom is 0.293 e. The Morgan fingerprint density at radius 1 is 1.00 bits per heavy atom. The second kappa shape index (κ2) is 8.22. The number of rotatable bonds is 5. The van der Waals surface area contributed by atoms with Gasteiger partial charge in [0.15, 0.2) is 5.82 Å². The van der Waals surface area contributed by atoms with Crippen molar-refractivity contribution in [2.75, 3.05) is 61.1 Å². The van der Waals surface area contributed by atoms with Crippen molar-refractivity contribution >= 4 is 17.6 Å². The maximum atomic E-state index is 12.8. The Kier molecular flexibility index (Phi) is 5.28. The molecule has 0 bridgehead atoms. The summed E-state index contributed by atoms with van der Waals surface area (Å²) in [6.45, 7) is 4.75. The largest absolute Gasteiger partial charge is 0.378 e. The number of anilines is 3. The van der Waals surface area contributed by atoms with Crippen LogP contribution in [0.2, 0.25) is 0 Å². The van der Waals surface area contributed by atoms with Gasteiger partial charge in [-0.2, -0.15) is 4.98 Å². The van der Waals surface area contributed by atoms with Gasteiger partial charge < -0.3 is 24.0 Å². The van der Waals surface area contributed by atoms with E-state index in [0.29, 0.717) is 17.9 Å². The molecule has 3 aliphatic rings.